The summed E-state index contributed by atoms with van der Waals surface area (Å²) >= 11 is 0. The molecule has 0 saturated carbocycles. The molecule has 1 atom stereocenters. The molecule has 0 rings (SSSR count). The van der Waals surface area contributed by atoms with Gasteiger partial charge in [0.15, 0.2) is 0 Å². The predicted molar refractivity (Wildman–Crippen MR) is 37.3 cm³/mol. The molecule has 2 nitrogen and oxygen atoms in total. The second kappa shape index (κ2) is 4.53. The molecule has 0 aliphatic carbocycles. The number of methoxy groups -OCH3 is 1. The summed E-state index contributed by atoms with van der Waals surface area (Å²) in [7, 11) is 1.64. The van der Waals surface area contributed by atoms with Crippen molar-refractivity contribution in [2.45, 2.75) is 20.0 Å². The molecular weight excluding hydrogens is 116 g/mol. The maximum Gasteiger partial charge on any atom is 0.0696 e. The van der Waals surface area contributed by atoms with E-state index < -0.39 is 0 Å². The zero-order valence-corrected chi connectivity index (χ0v) is 6.22. The van der Waals surface area contributed by atoms with E-state index in [1.807, 2.05) is 6.92 Å². The SMILES string of the molecule is COC/C(C)=C/C(C)O. The van der Waals surface area contributed by atoms with Crippen molar-refractivity contribution in [3.05, 3.63) is 11.6 Å². The molecule has 2 heteroatoms. The number of hydrogen-bond acceptors (Lipinski definition) is 2. The Kier molecular flexibility index (Phi) is 4.36. The van der Waals surface area contributed by atoms with Crippen LogP contribution < -0.4 is 0 Å². The highest BCUT2D eigenvalue weighted by Gasteiger charge is 1.90. The Hall–Kier alpha value is -0.340. The average Bonchev–Trinajstić information content (AvgIpc) is 1.63. The molecule has 0 aliphatic heterocycles. The second-order valence-electron chi connectivity index (χ2n) is 2.19. The Labute approximate surface area is 56.1 Å². The first kappa shape index (κ1) is 8.66. The van der Waals surface area contributed by atoms with E-state index in [4.69, 9.17) is 9.84 Å². The number of aliphatic hydroxyl groups excluding tert-OH is 1. The third kappa shape index (κ3) is 5.53. The van der Waals surface area contributed by atoms with Gasteiger partial charge in [0.25, 0.3) is 0 Å². The average molecular weight is 130 g/mol. The lowest BCUT2D eigenvalue weighted by molar-refractivity contribution is 0.217. The van der Waals surface area contributed by atoms with Gasteiger partial charge in [0.05, 0.1) is 12.7 Å². The van der Waals surface area contributed by atoms with Crippen LogP contribution in [0.2, 0.25) is 0 Å². The first-order valence-electron chi connectivity index (χ1n) is 3.01. The van der Waals surface area contributed by atoms with Crippen molar-refractivity contribution in [1.29, 1.82) is 0 Å². The number of hydrogen-bond donors (Lipinski definition) is 1. The van der Waals surface area contributed by atoms with Gasteiger partial charge in [-0.2, -0.15) is 0 Å². The van der Waals surface area contributed by atoms with Crippen molar-refractivity contribution in [3.63, 3.8) is 0 Å². The van der Waals surface area contributed by atoms with Crippen LogP contribution in [-0.4, -0.2) is 24.9 Å². The third-order valence-corrected chi connectivity index (χ3v) is 0.898. The third-order valence-electron chi connectivity index (χ3n) is 0.898. The van der Waals surface area contributed by atoms with Crippen LogP contribution in [0.3, 0.4) is 0 Å². The van der Waals surface area contributed by atoms with Crippen molar-refractivity contribution in [2.75, 3.05) is 13.7 Å². The molecule has 0 aromatic heterocycles. The highest BCUT2D eigenvalue weighted by molar-refractivity contribution is 5.00. The number of aliphatic hydroxyl groups is 1. The summed E-state index contributed by atoms with van der Waals surface area (Å²) in [5.74, 6) is 0. The molecule has 0 radical (unpaired) electrons. The van der Waals surface area contributed by atoms with E-state index in [9.17, 15) is 0 Å². The van der Waals surface area contributed by atoms with Crippen molar-refractivity contribution in [1.82, 2.24) is 0 Å². The molecule has 0 fully saturated rings. The fraction of sp³-hybridized carbons (Fsp3) is 0.714. The molecule has 0 saturated heterocycles. The minimum atomic E-state index is -0.361. The Balaban J connectivity index is 3.55. The zero-order valence-electron chi connectivity index (χ0n) is 6.22. The van der Waals surface area contributed by atoms with Gasteiger partial charge < -0.3 is 9.84 Å². The summed E-state index contributed by atoms with van der Waals surface area (Å²) in [5.41, 5.74) is 1.06. The van der Waals surface area contributed by atoms with Gasteiger partial charge in [0.1, 0.15) is 0 Å². The van der Waals surface area contributed by atoms with Crippen molar-refractivity contribution < 1.29 is 9.84 Å². The van der Waals surface area contributed by atoms with Gasteiger partial charge in [0.2, 0.25) is 0 Å². The molecule has 0 aliphatic rings. The van der Waals surface area contributed by atoms with Crippen LogP contribution in [0.1, 0.15) is 13.8 Å². The van der Waals surface area contributed by atoms with Gasteiger partial charge in [-0.05, 0) is 19.4 Å². The molecule has 1 unspecified atom stereocenters. The molecule has 9 heavy (non-hydrogen) atoms. The van der Waals surface area contributed by atoms with Gasteiger partial charge >= 0.3 is 0 Å². The van der Waals surface area contributed by atoms with Crippen LogP contribution in [0, 0.1) is 0 Å². The Morgan fingerprint density at radius 3 is 2.67 bits per heavy atom. The second-order valence-corrected chi connectivity index (χ2v) is 2.19. The molecule has 0 spiro atoms. The van der Waals surface area contributed by atoms with Crippen LogP contribution in [0.15, 0.2) is 11.6 Å². The predicted octanol–water partition coefficient (Wildman–Crippen LogP) is 0.960. The lowest BCUT2D eigenvalue weighted by Gasteiger charge is -1.99. The van der Waals surface area contributed by atoms with Crippen LogP contribution in [0.25, 0.3) is 0 Å². The number of ether oxygens (including phenoxy) is 1. The van der Waals surface area contributed by atoms with Crippen LogP contribution >= 0.6 is 0 Å². The summed E-state index contributed by atoms with van der Waals surface area (Å²) in [6.45, 7) is 4.25. The van der Waals surface area contributed by atoms with Gasteiger partial charge in [-0.15, -0.1) is 0 Å². The Bertz CT molecular complexity index is 95.1. The first-order chi connectivity index (χ1) is 4.16. The van der Waals surface area contributed by atoms with Gasteiger partial charge in [-0.1, -0.05) is 6.08 Å². The summed E-state index contributed by atoms with van der Waals surface area (Å²) in [6, 6.07) is 0. The van der Waals surface area contributed by atoms with Crippen LogP contribution in [-0.2, 0) is 4.74 Å². The smallest absolute Gasteiger partial charge is 0.0696 e. The van der Waals surface area contributed by atoms with Gasteiger partial charge in [-0.3, -0.25) is 0 Å². The lowest BCUT2D eigenvalue weighted by atomic mass is 10.2. The summed E-state index contributed by atoms with van der Waals surface area (Å²) in [4.78, 5) is 0. The normalized spacial score (nSPS) is 15.8. The Morgan fingerprint density at radius 2 is 2.33 bits per heavy atom. The van der Waals surface area contributed by atoms with E-state index in [0.717, 1.165) is 5.57 Å². The van der Waals surface area contributed by atoms with E-state index in [2.05, 4.69) is 0 Å². The van der Waals surface area contributed by atoms with Crippen LogP contribution in [0.4, 0.5) is 0 Å². The molecule has 0 aromatic rings. The molecule has 0 bridgehead atoms. The van der Waals surface area contributed by atoms with E-state index in [1.54, 1.807) is 20.1 Å². The molecule has 54 valence electrons. The highest BCUT2D eigenvalue weighted by atomic mass is 16.5. The topological polar surface area (TPSA) is 29.5 Å². The van der Waals surface area contributed by atoms with Crippen molar-refractivity contribution >= 4 is 0 Å². The highest BCUT2D eigenvalue weighted by Crippen LogP contribution is 1.94. The van der Waals surface area contributed by atoms with E-state index in [1.165, 1.54) is 0 Å². The molecule has 0 aromatic carbocycles. The fourth-order valence-electron chi connectivity index (χ4n) is 0.688. The summed E-state index contributed by atoms with van der Waals surface area (Å²) in [5, 5.41) is 8.82. The van der Waals surface area contributed by atoms with E-state index in [-0.39, 0.29) is 6.10 Å². The summed E-state index contributed by atoms with van der Waals surface area (Å²) < 4.78 is 4.83. The number of rotatable bonds is 3. The minimum absolute atomic E-state index is 0.361. The van der Waals surface area contributed by atoms with E-state index in [0.29, 0.717) is 6.61 Å². The largest absolute Gasteiger partial charge is 0.389 e. The van der Waals surface area contributed by atoms with Crippen molar-refractivity contribution in [3.8, 4) is 0 Å². The molecule has 1 N–H and O–H groups in total. The molecular formula is C7H14O2. The fourth-order valence-corrected chi connectivity index (χ4v) is 0.688. The standard InChI is InChI=1S/C7H14O2/c1-6(5-9-3)4-7(2)8/h4,7-8H,5H2,1-3H3/b6-4+. The van der Waals surface area contributed by atoms with E-state index >= 15 is 0 Å². The Morgan fingerprint density at radius 1 is 1.78 bits per heavy atom. The van der Waals surface area contributed by atoms with Gasteiger partial charge in [-0.25, -0.2) is 0 Å². The molecule has 0 heterocycles. The summed E-state index contributed by atoms with van der Waals surface area (Å²) in [6.07, 6.45) is 1.41. The maximum atomic E-state index is 8.82. The zero-order chi connectivity index (χ0) is 7.28. The first-order valence-corrected chi connectivity index (χ1v) is 3.01. The lowest BCUT2D eigenvalue weighted by Crippen LogP contribution is -1.98. The van der Waals surface area contributed by atoms with Gasteiger partial charge in [0, 0.05) is 7.11 Å². The minimum Gasteiger partial charge on any atom is -0.389 e. The monoisotopic (exact) mass is 130 g/mol. The quantitative estimate of drug-likeness (QED) is 0.576. The maximum absolute atomic E-state index is 8.82. The van der Waals surface area contributed by atoms with Crippen molar-refractivity contribution in [2.24, 2.45) is 0 Å². The molecule has 0 amide bonds. The van der Waals surface area contributed by atoms with Crippen LogP contribution in [0.5, 0.6) is 0 Å².